The van der Waals surface area contributed by atoms with E-state index in [1.807, 2.05) is 0 Å². The van der Waals surface area contributed by atoms with Crippen LogP contribution >= 0.6 is 0 Å². The van der Waals surface area contributed by atoms with Crippen molar-refractivity contribution in [1.82, 2.24) is 24.7 Å². The fraction of sp³-hybridized carbons (Fsp3) is 0.143. The first-order valence-electron chi connectivity index (χ1n) is 4.44. The topological polar surface area (TPSA) is 129 Å². The van der Waals surface area contributed by atoms with E-state index >= 15 is 0 Å². The van der Waals surface area contributed by atoms with E-state index in [9.17, 15) is 8.42 Å². The molecule has 3 N–H and O–H groups in total. The molecule has 9 nitrogen and oxygen atoms in total. The number of nitrogen functional groups attached to an aromatic ring is 1. The third kappa shape index (κ3) is 2.15. The fourth-order valence-electron chi connectivity index (χ4n) is 1.23. The van der Waals surface area contributed by atoms with Gasteiger partial charge in [-0.15, -0.1) is 5.10 Å². The maximum absolute atomic E-state index is 11.9. The summed E-state index contributed by atoms with van der Waals surface area (Å²) in [6.07, 6.45) is 3.95. The Kier molecular flexibility index (Phi) is 2.63. The zero-order chi connectivity index (χ0) is 12.5. The molecule has 90 valence electrons. The van der Waals surface area contributed by atoms with Crippen molar-refractivity contribution in [1.29, 1.82) is 0 Å². The van der Waals surface area contributed by atoms with E-state index in [0.29, 0.717) is 0 Å². The monoisotopic (exact) mass is 255 g/mol. The van der Waals surface area contributed by atoms with Gasteiger partial charge in [0.2, 0.25) is 0 Å². The van der Waals surface area contributed by atoms with Crippen molar-refractivity contribution >= 4 is 21.8 Å². The van der Waals surface area contributed by atoms with Crippen molar-refractivity contribution in [3.05, 3.63) is 18.7 Å². The average Bonchev–Trinajstić information content (AvgIpc) is 2.59. The minimum atomic E-state index is -3.87. The number of aryl methyl sites for hydroxylation is 1. The summed E-state index contributed by atoms with van der Waals surface area (Å²) < 4.78 is 27.3. The molecule has 0 atom stereocenters. The van der Waals surface area contributed by atoms with Gasteiger partial charge in [0, 0.05) is 7.05 Å². The SMILES string of the molecule is Cn1cnc(N)c1S(=O)(=O)Nc1nccnn1. The van der Waals surface area contributed by atoms with Gasteiger partial charge in [-0.1, -0.05) is 0 Å². The average molecular weight is 255 g/mol. The predicted octanol–water partition coefficient (Wildman–Crippen LogP) is -1.01. The van der Waals surface area contributed by atoms with E-state index in [0.717, 1.165) is 0 Å². The molecule has 2 aromatic heterocycles. The van der Waals surface area contributed by atoms with Gasteiger partial charge < -0.3 is 10.3 Å². The van der Waals surface area contributed by atoms with Gasteiger partial charge in [0.15, 0.2) is 10.8 Å². The van der Waals surface area contributed by atoms with Crippen LogP contribution in [-0.4, -0.2) is 33.2 Å². The molecule has 0 bridgehead atoms. The van der Waals surface area contributed by atoms with E-state index in [4.69, 9.17) is 5.73 Å². The van der Waals surface area contributed by atoms with Gasteiger partial charge in [0.05, 0.1) is 18.7 Å². The van der Waals surface area contributed by atoms with Crippen LogP contribution in [0, 0.1) is 0 Å². The molecular formula is C7H9N7O2S. The van der Waals surface area contributed by atoms with Gasteiger partial charge in [-0.3, -0.25) is 0 Å². The lowest BCUT2D eigenvalue weighted by atomic mass is 10.8. The smallest absolute Gasteiger partial charge is 0.283 e. The van der Waals surface area contributed by atoms with Crippen LogP contribution in [0.25, 0.3) is 0 Å². The van der Waals surface area contributed by atoms with Crippen LogP contribution in [0.1, 0.15) is 0 Å². The van der Waals surface area contributed by atoms with Gasteiger partial charge in [0.1, 0.15) is 0 Å². The molecule has 0 saturated heterocycles. The first-order chi connectivity index (χ1) is 8.00. The van der Waals surface area contributed by atoms with E-state index < -0.39 is 10.0 Å². The Morgan fingerprint density at radius 1 is 1.35 bits per heavy atom. The molecule has 0 radical (unpaired) electrons. The lowest BCUT2D eigenvalue weighted by Gasteiger charge is -2.06. The van der Waals surface area contributed by atoms with Crippen LogP contribution in [0.15, 0.2) is 23.7 Å². The summed E-state index contributed by atoms with van der Waals surface area (Å²) in [4.78, 5) is 7.39. The lowest BCUT2D eigenvalue weighted by molar-refractivity contribution is 0.591. The summed E-state index contributed by atoms with van der Waals surface area (Å²) in [6.45, 7) is 0. The zero-order valence-electron chi connectivity index (χ0n) is 8.77. The van der Waals surface area contributed by atoms with E-state index in [2.05, 4.69) is 24.9 Å². The van der Waals surface area contributed by atoms with Crippen molar-refractivity contribution < 1.29 is 8.42 Å². The Balaban J connectivity index is 2.39. The Labute approximate surface area is 96.8 Å². The third-order valence-electron chi connectivity index (χ3n) is 1.87. The van der Waals surface area contributed by atoms with E-state index in [1.54, 1.807) is 0 Å². The van der Waals surface area contributed by atoms with E-state index in [-0.39, 0.29) is 16.8 Å². The van der Waals surface area contributed by atoms with Crippen molar-refractivity contribution in [3.8, 4) is 0 Å². The third-order valence-corrected chi connectivity index (χ3v) is 3.33. The number of aromatic nitrogens is 5. The predicted molar refractivity (Wildman–Crippen MR) is 58.3 cm³/mol. The highest BCUT2D eigenvalue weighted by atomic mass is 32.2. The highest BCUT2D eigenvalue weighted by Crippen LogP contribution is 2.17. The molecule has 0 saturated carbocycles. The number of rotatable bonds is 3. The summed E-state index contributed by atoms with van der Waals surface area (Å²) in [5.41, 5.74) is 5.47. The first-order valence-corrected chi connectivity index (χ1v) is 5.92. The molecular weight excluding hydrogens is 246 g/mol. The molecule has 10 heteroatoms. The number of sulfonamides is 1. The van der Waals surface area contributed by atoms with Gasteiger partial charge in [-0.05, 0) is 0 Å². The molecule has 0 spiro atoms. The van der Waals surface area contributed by atoms with Crippen LogP contribution in [0.3, 0.4) is 0 Å². The Morgan fingerprint density at radius 3 is 2.65 bits per heavy atom. The molecule has 0 unspecified atom stereocenters. The molecule has 2 heterocycles. The molecule has 0 aromatic carbocycles. The second-order valence-electron chi connectivity index (χ2n) is 3.12. The van der Waals surface area contributed by atoms with Crippen LogP contribution in [0.5, 0.6) is 0 Å². The van der Waals surface area contributed by atoms with Crippen molar-refractivity contribution in [3.63, 3.8) is 0 Å². The van der Waals surface area contributed by atoms with Crippen LogP contribution in [-0.2, 0) is 17.1 Å². The number of nitrogens with zero attached hydrogens (tertiary/aromatic N) is 5. The van der Waals surface area contributed by atoms with Gasteiger partial charge in [-0.25, -0.2) is 14.7 Å². The standard InChI is InChI=1S/C7H9N7O2S/c1-14-4-10-5(8)6(14)17(15,16)13-7-9-2-3-11-12-7/h2-4H,8H2,1H3,(H,9,12,13). The maximum Gasteiger partial charge on any atom is 0.283 e. The second-order valence-corrected chi connectivity index (χ2v) is 4.72. The quantitative estimate of drug-likeness (QED) is 0.718. The molecule has 2 aromatic rings. The Hall–Kier alpha value is -2.23. The summed E-state index contributed by atoms with van der Waals surface area (Å²) in [6, 6.07) is 0. The van der Waals surface area contributed by atoms with Gasteiger partial charge in [0.25, 0.3) is 16.0 Å². The zero-order valence-corrected chi connectivity index (χ0v) is 9.59. The van der Waals surface area contributed by atoms with Crippen LogP contribution in [0.2, 0.25) is 0 Å². The molecule has 0 amide bonds. The molecule has 17 heavy (non-hydrogen) atoms. The number of nitrogens with two attached hydrogens (primary N) is 1. The molecule has 2 rings (SSSR count). The fourth-order valence-corrected chi connectivity index (χ4v) is 2.41. The molecule has 0 aliphatic heterocycles. The Bertz CT molecular complexity index is 601. The first kappa shape index (κ1) is 11.3. The molecule has 0 aliphatic carbocycles. The Morgan fingerprint density at radius 2 is 2.12 bits per heavy atom. The highest BCUT2D eigenvalue weighted by molar-refractivity contribution is 7.92. The lowest BCUT2D eigenvalue weighted by Crippen LogP contribution is -2.19. The van der Waals surface area contributed by atoms with Crippen LogP contribution in [0.4, 0.5) is 11.8 Å². The number of imidazole rings is 1. The van der Waals surface area contributed by atoms with Crippen molar-refractivity contribution in [2.75, 3.05) is 10.5 Å². The summed E-state index contributed by atoms with van der Waals surface area (Å²) in [7, 11) is -2.35. The van der Waals surface area contributed by atoms with Crippen molar-refractivity contribution in [2.24, 2.45) is 7.05 Å². The summed E-state index contributed by atoms with van der Waals surface area (Å²) in [5.74, 6) is -0.225. The second kappa shape index (κ2) is 3.97. The van der Waals surface area contributed by atoms with Gasteiger partial charge in [-0.2, -0.15) is 13.5 Å². The minimum Gasteiger partial charge on any atom is -0.381 e. The van der Waals surface area contributed by atoms with E-state index in [1.165, 1.54) is 30.3 Å². The largest absolute Gasteiger partial charge is 0.381 e. The number of hydrogen-bond donors (Lipinski definition) is 2. The molecule has 0 aliphatic rings. The number of anilines is 2. The summed E-state index contributed by atoms with van der Waals surface area (Å²) >= 11 is 0. The number of hydrogen-bond acceptors (Lipinski definition) is 7. The highest BCUT2D eigenvalue weighted by Gasteiger charge is 2.23. The number of nitrogens with one attached hydrogen (secondary N) is 1. The van der Waals surface area contributed by atoms with Gasteiger partial charge >= 0.3 is 0 Å². The van der Waals surface area contributed by atoms with Crippen molar-refractivity contribution in [2.45, 2.75) is 5.03 Å². The normalized spacial score (nSPS) is 11.4. The minimum absolute atomic E-state index is 0.0936. The maximum atomic E-state index is 11.9. The van der Waals surface area contributed by atoms with Crippen LogP contribution < -0.4 is 10.5 Å². The summed E-state index contributed by atoms with van der Waals surface area (Å²) in [5, 5.41) is 6.86. The molecule has 0 fully saturated rings.